The number of amides is 1. The largest absolute Gasteiger partial charge is 0.328 e. The first-order valence-corrected chi connectivity index (χ1v) is 7.36. The summed E-state index contributed by atoms with van der Waals surface area (Å²) in [5.41, 5.74) is -0.982. The molecule has 1 aliphatic rings. The molecule has 0 aliphatic heterocycles. The van der Waals surface area contributed by atoms with Gasteiger partial charge in [-0.2, -0.15) is 0 Å². The van der Waals surface area contributed by atoms with E-state index in [-0.39, 0.29) is 18.9 Å². The van der Waals surface area contributed by atoms with Crippen LogP contribution < -0.4 is 16.6 Å². The summed E-state index contributed by atoms with van der Waals surface area (Å²) in [7, 11) is 0. The van der Waals surface area contributed by atoms with Gasteiger partial charge in [0.25, 0.3) is 5.56 Å². The number of nitrogens with zero attached hydrogens (tertiary/aromatic N) is 3. The second-order valence-electron chi connectivity index (χ2n) is 4.82. The smallest absolute Gasteiger partial charge is 0.300 e. The Labute approximate surface area is 122 Å². The molecule has 0 atom stereocenters. The maximum absolute atomic E-state index is 11.8. The Morgan fingerprint density at radius 3 is 2.95 bits per heavy atom. The van der Waals surface area contributed by atoms with Crippen molar-refractivity contribution in [1.29, 1.82) is 0 Å². The van der Waals surface area contributed by atoms with Crippen LogP contribution in [0.1, 0.15) is 30.2 Å². The molecule has 1 saturated carbocycles. The van der Waals surface area contributed by atoms with Crippen LogP contribution in [-0.2, 0) is 11.3 Å². The molecule has 8 nitrogen and oxygen atoms in total. The van der Waals surface area contributed by atoms with E-state index in [9.17, 15) is 14.4 Å². The zero-order chi connectivity index (χ0) is 14.8. The molecule has 2 heterocycles. The first-order valence-electron chi connectivity index (χ1n) is 6.55. The predicted molar refractivity (Wildman–Crippen MR) is 76.5 cm³/mol. The van der Waals surface area contributed by atoms with Gasteiger partial charge in [0.05, 0.1) is 0 Å². The molecule has 2 aromatic heterocycles. The van der Waals surface area contributed by atoms with Crippen LogP contribution in [0.3, 0.4) is 0 Å². The van der Waals surface area contributed by atoms with Crippen molar-refractivity contribution in [3.05, 3.63) is 38.1 Å². The Kier molecular flexibility index (Phi) is 3.65. The highest BCUT2D eigenvalue weighted by atomic mass is 32.1. The monoisotopic (exact) mass is 307 g/mol. The molecular formula is C12H13N5O3S. The molecule has 1 amide bonds. The molecule has 0 bridgehead atoms. The van der Waals surface area contributed by atoms with Gasteiger partial charge in [-0.3, -0.25) is 14.6 Å². The van der Waals surface area contributed by atoms with Crippen molar-refractivity contribution in [2.45, 2.75) is 31.7 Å². The first kappa shape index (κ1) is 13.7. The molecule has 0 radical (unpaired) electrons. The lowest BCUT2D eigenvalue weighted by atomic mass is 10.4. The fourth-order valence-corrected chi connectivity index (χ4v) is 2.73. The van der Waals surface area contributed by atoms with Crippen LogP contribution >= 0.6 is 11.3 Å². The molecule has 2 N–H and O–H groups in total. The van der Waals surface area contributed by atoms with Crippen molar-refractivity contribution < 1.29 is 4.79 Å². The first-order chi connectivity index (χ1) is 10.1. The van der Waals surface area contributed by atoms with Crippen molar-refractivity contribution >= 4 is 22.4 Å². The molecular weight excluding hydrogens is 294 g/mol. The van der Waals surface area contributed by atoms with E-state index in [1.165, 1.54) is 28.2 Å². The third-order valence-electron chi connectivity index (χ3n) is 3.09. The minimum atomic E-state index is -0.526. The number of rotatable bonds is 5. The van der Waals surface area contributed by atoms with E-state index in [0.717, 1.165) is 17.8 Å². The number of anilines is 1. The second-order valence-corrected chi connectivity index (χ2v) is 5.83. The summed E-state index contributed by atoms with van der Waals surface area (Å²) in [6.07, 6.45) is 3.75. The Hall–Kier alpha value is -2.29. The number of hydrogen-bond acceptors (Lipinski definition) is 6. The lowest BCUT2D eigenvalue weighted by molar-refractivity contribution is -0.116. The molecule has 0 unspecified atom stereocenters. The van der Waals surface area contributed by atoms with Crippen LogP contribution in [0.4, 0.5) is 5.13 Å². The van der Waals surface area contributed by atoms with Crippen molar-refractivity contribution in [2.75, 3.05) is 5.32 Å². The number of carbonyl (C=O) groups excluding carboxylic acids is 1. The average molecular weight is 307 g/mol. The second kappa shape index (κ2) is 5.60. The lowest BCUT2D eigenvalue weighted by Gasteiger charge is -2.03. The zero-order valence-corrected chi connectivity index (χ0v) is 11.9. The minimum absolute atomic E-state index is 0.115. The van der Waals surface area contributed by atoms with Crippen LogP contribution in [0.2, 0.25) is 0 Å². The van der Waals surface area contributed by atoms with Crippen molar-refractivity contribution in [3.63, 3.8) is 0 Å². The summed E-state index contributed by atoms with van der Waals surface area (Å²) >= 11 is 1.39. The van der Waals surface area contributed by atoms with Gasteiger partial charge in [0.2, 0.25) is 11.0 Å². The van der Waals surface area contributed by atoms with Gasteiger partial charge < -0.3 is 9.88 Å². The van der Waals surface area contributed by atoms with Crippen LogP contribution in [-0.4, -0.2) is 25.7 Å². The van der Waals surface area contributed by atoms with Crippen molar-refractivity contribution in [1.82, 2.24) is 19.7 Å². The Balaban J connectivity index is 1.55. The van der Waals surface area contributed by atoms with E-state index >= 15 is 0 Å². The number of aromatic nitrogens is 4. The average Bonchev–Trinajstić information content (AvgIpc) is 3.19. The molecule has 0 spiro atoms. The molecule has 9 heteroatoms. The SMILES string of the molecule is O=C(CCn1ccc(=O)[nH]c1=O)Nc1nnc(C2CC2)s1. The summed E-state index contributed by atoms with van der Waals surface area (Å²) in [5, 5.41) is 12.1. The van der Waals surface area contributed by atoms with Gasteiger partial charge in [0.15, 0.2) is 0 Å². The maximum Gasteiger partial charge on any atom is 0.328 e. The maximum atomic E-state index is 11.8. The Bertz CT molecular complexity index is 773. The molecule has 110 valence electrons. The molecule has 21 heavy (non-hydrogen) atoms. The Morgan fingerprint density at radius 1 is 1.43 bits per heavy atom. The fourth-order valence-electron chi connectivity index (χ4n) is 1.80. The van der Waals surface area contributed by atoms with E-state index < -0.39 is 11.2 Å². The minimum Gasteiger partial charge on any atom is -0.300 e. The highest BCUT2D eigenvalue weighted by Gasteiger charge is 2.27. The van der Waals surface area contributed by atoms with E-state index in [4.69, 9.17) is 0 Å². The van der Waals surface area contributed by atoms with Gasteiger partial charge in [-0.05, 0) is 12.8 Å². The molecule has 2 aromatic rings. The number of aryl methyl sites for hydroxylation is 1. The van der Waals surface area contributed by atoms with Gasteiger partial charge in [0, 0.05) is 31.1 Å². The third kappa shape index (κ3) is 3.43. The quantitative estimate of drug-likeness (QED) is 0.825. The highest BCUT2D eigenvalue weighted by molar-refractivity contribution is 7.15. The molecule has 1 fully saturated rings. The van der Waals surface area contributed by atoms with E-state index in [0.29, 0.717) is 11.0 Å². The summed E-state index contributed by atoms with van der Waals surface area (Å²) in [4.78, 5) is 36.3. The van der Waals surface area contributed by atoms with Crippen LogP contribution in [0.5, 0.6) is 0 Å². The van der Waals surface area contributed by atoms with Crippen molar-refractivity contribution in [3.8, 4) is 0 Å². The number of aromatic amines is 1. The number of hydrogen-bond donors (Lipinski definition) is 2. The summed E-state index contributed by atoms with van der Waals surface area (Å²) in [5.74, 6) is 0.263. The van der Waals surface area contributed by atoms with Crippen LogP contribution in [0, 0.1) is 0 Å². The summed E-state index contributed by atoms with van der Waals surface area (Å²) < 4.78 is 1.27. The van der Waals surface area contributed by atoms with Gasteiger partial charge in [-0.1, -0.05) is 11.3 Å². The Morgan fingerprint density at radius 2 is 2.24 bits per heavy atom. The molecule has 1 aliphatic carbocycles. The predicted octanol–water partition coefficient (Wildman–Crippen LogP) is 0.294. The molecule has 3 rings (SSSR count). The van der Waals surface area contributed by atoms with E-state index in [2.05, 4.69) is 20.5 Å². The standard InChI is InChI=1S/C12H13N5O3S/c18-8(3-5-17-6-4-9(19)14-12(17)20)13-11-16-15-10(21-11)7-1-2-7/h4,6-7H,1-3,5H2,(H,13,16,18)(H,14,19,20). The van der Waals surface area contributed by atoms with E-state index in [1.807, 2.05) is 0 Å². The number of carbonyl (C=O) groups is 1. The summed E-state index contributed by atoms with van der Waals surface area (Å²) in [6, 6.07) is 1.24. The van der Waals surface area contributed by atoms with Crippen LogP contribution in [0.15, 0.2) is 21.9 Å². The van der Waals surface area contributed by atoms with Gasteiger partial charge >= 0.3 is 5.69 Å². The van der Waals surface area contributed by atoms with Gasteiger partial charge in [-0.25, -0.2) is 4.79 Å². The highest BCUT2D eigenvalue weighted by Crippen LogP contribution is 2.41. The fraction of sp³-hybridized carbons (Fsp3) is 0.417. The molecule has 0 saturated heterocycles. The third-order valence-corrected chi connectivity index (χ3v) is 4.09. The lowest BCUT2D eigenvalue weighted by Crippen LogP contribution is -2.29. The van der Waals surface area contributed by atoms with Gasteiger partial charge in [-0.15, -0.1) is 10.2 Å². The molecule has 0 aromatic carbocycles. The van der Waals surface area contributed by atoms with Gasteiger partial charge in [0.1, 0.15) is 5.01 Å². The summed E-state index contributed by atoms with van der Waals surface area (Å²) in [6.45, 7) is 0.190. The normalized spacial score (nSPS) is 14.1. The zero-order valence-electron chi connectivity index (χ0n) is 11.0. The number of H-pyrrole nitrogens is 1. The number of nitrogens with one attached hydrogen (secondary N) is 2. The topological polar surface area (TPSA) is 110 Å². The van der Waals surface area contributed by atoms with Crippen LogP contribution in [0.25, 0.3) is 0 Å². The van der Waals surface area contributed by atoms with E-state index in [1.54, 1.807) is 0 Å². The van der Waals surface area contributed by atoms with Crippen molar-refractivity contribution in [2.24, 2.45) is 0 Å².